The summed E-state index contributed by atoms with van der Waals surface area (Å²) in [6.07, 6.45) is -1.60. The lowest BCUT2D eigenvalue weighted by molar-refractivity contribution is 0.135. The quantitative estimate of drug-likeness (QED) is 0.586. The Morgan fingerprint density at radius 1 is 1.41 bits per heavy atom. The number of phenolic OH excluding ortho intramolecular Hbond substituents is 2. The lowest BCUT2D eigenvalue weighted by Gasteiger charge is -2.12. The van der Waals surface area contributed by atoms with Gasteiger partial charge in [-0.25, -0.2) is 4.79 Å². The van der Waals surface area contributed by atoms with Crippen molar-refractivity contribution in [3.63, 3.8) is 0 Å². The summed E-state index contributed by atoms with van der Waals surface area (Å²) in [7, 11) is 0. The van der Waals surface area contributed by atoms with Crippen LogP contribution in [-0.4, -0.2) is 34.6 Å². The summed E-state index contributed by atoms with van der Waals surface area (Å²) in [5.74, 6) is -0.586. The molecule has 0 spiro atoms. The van der Waals surface area contributed by atoms with Crippen LogP contribution in [-0.2, 0) is 4.74 Å². The molecule has 6 heteroatoms. The van der Waals surface area contributed by atoms with Gasteiger partial charge in [0.25, 0.3) is 0 Å². The van der Waals surface area contributed by atoms with E-state index in [0.29, 0.717) is 5.56 Å². The SMILES string of the molecule is CCOC(=O)NCC(O)c1ccc(O)c(O)c1. The predicted octanol–water partition coefficient (Wildman–Crippen LogP) is 0.877. The van der Waals surface area contributed by atoms with Gasteiger partial charge in [0.05, 0.1) is 19.3 Å². The molecule has 0 saturated heterocycles. The van der Waals surface area contributed by atoms with E-state index in [-0.39, 0.29) is 24.7 Å². The molecule has 0 aliphatic carbocycles. The number of rotatable bonds is 4. The number of ether oxygens (including phenoxy) is 1. The summed E-state index contributed by atoms with van der Waals surface area (Å²) < 4.78 is 4.62. The standard InChI is InChI=1S/C11H15NO5/c1-2-17-11(16)12-6-10(15)7-3-4-8(13)9(14)5-7/h3-5,10,13-15H,2,6H2,1H3,(H,12,16). The van der Waals surface area contributed by atoms with Crippen molar-refractivity contribution in [1.29, 1.82) is 0 Å². The number of alkyl carbamates (subject to hydrolysis) is 1. The van der Waals surface area contributed by atoms with Gasteiger partial charge >= 0.3 is 6.09 Å². The first-order valence-electron chi connectivity index (χ1n) is 5.15. The van der Waals surface area contributed by atoms with Crippen LogP contribution >= 0.6 is 0 Å². The maximum Gasteiger partial charge on any atom is 0.407 e. The van der Waals surface area contributed by atoms with Crippen molar-refractivity contribution in [2.75, 3.05) is 13.2 Å². The smallest absolute Gasteiger partial charge is 0.407 e. The van der Waals surface area contributed by atoms with E-state index < -0.39 is 12.2 Å². The Morgan fingerprint density at radius 3 is 2.71 bits per heavy atom. The largest absolute Gasteiger partial charge is 0.504 e. The third-order valence-corrected chi connectivity index (χ3v) is 2.10. The zero-order valence-electron chi connectivity index (χ0n) is 9.38. The number of aliphatic hydroxyl groups is 1. The highest BCUT2D eigenvalue weighted by molar-refractivity contribution is 5.67. The fraction of sp³-hybridized carbons (Fsp3) is 0.364. The highest BCUT2D eigenvalue weighted by Crippen LogP contribution is 2.27. The summed E-state index contributed by atoms with van der Waals surface area (Å²) in [4.78, 5) is 11.0. The van der Waals surface area contributed by atoms with Crippen molar-refractivity contribution >= 4 is 6.09 Å². The van der Waals surface area contributed by atoms with Gasteiger partial charge in [0, 0.05) is 0 Å². The minimum Gasteiger partial charge on any atom is -0.504 e. The van der Waals surface area contributed by atoms with E-state index in [1.165, 1.54) is 18.2 Å². The zero-order chi connectivity index (χ0) is 12.8. The van der Waals surface area contributed by atoms with Crippen LogP contribution < -0.4 is 5.32 Å². The molecule has 1 aromatic carbocycles. The van der Waals surface area contributed by atoms with Gasteiger partial charge in [-0.05, 0) is 24.6 Å². The molecule has 1 unspecified atom stereocenters. The molecule has 94 valence electrons. The second-order valence-electron chi connectivity index (χ2n) is 3.37. The second-order valence-corrected chi connectivity index (χ2v) is 3.37. The molecular formula is C11H15NO5. The predicted molar refractivity (Wildman–Crippen MR) is 59.8 cm³/mol. The number of benzene rings is 1. The number of carbonyl (C=O) groups is 1. The number of phenols is 2. The van der Waals surface area contributed by atoms with Crippen molar-refractivity contribution in [1.82, 2.24) is 5.32 Å². The zero-order valence-corrected chi connectivity index (χ0v) is 9.38. The monoisotopic (exact) mass is 241 g/mol. The topological polar surface area (TPSA) is 99.0 Å². The molecule has 0 bridgehead atoms. The van der Waals surface area contributed by atoms with Crippen LogP contribution in [0.15, 0.2) is 18.2 Å². The molecule has 0 aliphatic heterocycles. The van der Waals surface area contributed by atoms with E-state index in [1.807, 2.05) is 0 Å². The number of hydrogen-bond acceptors (Lipinski definition) is 5. The van der Waals surface area contributed by atoms with Crippen LogP contribution in [0, 0.1) is 0 Å². The van der Waals surface area contributed by atoms with Gasteiger partial charge in [0.15, 0.2) is 11.5 Å². The van der Waals surface area contributed by atoms with Crippen LogP contribution in [0.5, 0.6) is 11.5 Å². The van der Waals surface area contributed by atoms with Gasteiger partial charge in [-0.15, -0.1) is 0 Å². The number of carbonyl (C=O) groups excluding carboxylic acids is 1. The average Bonchev–Trinajstić information content (AvgIpc) is 2.30. The summed E-state index contributed by atoms with van der Waals surface area (Å²) in [5, 5.41) is 30.4. The highest BCUT2D eigenvalue weighted by atomic mass is 16.5. The van der Waals surface area contributed by atoms with E-state index in [1.54, 1.807) is 6.92 Å². The van der Waals surface area contributed by atoms with Crippen LogP contribution in [0.3, 0.4) is 0 Å². The molecule has 4 N–H and O–H groups in total. The van der Waals surface area contributed by atoms with Crippen LogP contribution in [0.4, 0.5) is 4.79 Å². The first-order chi connectivity index (χ1) is 8.04. The Balaban J connectivity index is 2.54. The molecule has 17 heavy (non-hydrogen) atoms. The Bertz CT molecular complexity index is 393. The third-order valence-electron chi connectivity index (χ3n) is 2.10. The number of aliphatic hydroxyl groups excluding tert-OH is 1. The molecule has 1 atom stereocenters. The maximum atomic E-state index is 11.0. The Hall–Kier alpha value is -1.95. The van der Waals surface area contributed by atoms with Crippen molar-refractivity contribution < 1.29 is 24.9 Å². The van der Waals surface area contributed by atoms with Crippen LogP contribution in [0.25, 0.3) is 0 Å². The van der Waals surface area contributed by atoms with Gasteiger partial charge in [-0.2, -0.15) is 0 Å². The first kappa shape index (κ1) is 13.1. The summed E-state index contributed by atoms with van der Waals surface area (Å²) in [5.41, 5.74) is 0.386. The molecule has 0 aliphatic rings. The minimum absolute atomic E-state index is 0.0386. The van der Waals surface area contributed by atoms with Crippen molar-refractivity contribution in [2.45, 2.75) is 13.0 Å². The van der Waals surface area contributed by atoms with Gasteiger partial charge < -0.3 is 25.4 Å². The molecule has 1 rings (SSSR count). The fourth-order valence-electron chi connectivity index (χ4n) is 1.23. The van der Waals surface area contributed by atoms with E-state index in [2.05, 4.69) is 10.1 Å². The normalized spacial score (nSPS) is 11.9. The maximum absolute atomic E-state index is 11.0. The van der Waals surface area contributed by atoms with Crippen LogP contribution in [0.2, 0.25) is 0 Å². The number of nitrogens with one attached hydrogen (secondary N) is 1. The molecule has 6 nitrogen and oxygen atoms in total. The summed E-state index contributed by atoms with van der Waals surface area (Å²) in [6.45, 7) is 1.89. The molecule has 1 aromatic rings. The van der Waals surface area contributed by atoms with E-state index in [9.17, 15) is 15.0 Å². The highest BCUT2D eigenvalue weighted by Gasteiger charge is 2.11. The summed E-state index contributed by atoms with van der Waals surface area (Å²) in [6, 6.07) is 3.94. The van der Waals surface area contributed by atoms with Crippen LogP contribution in [0.1, 0.15) is 18.6 Å². The minimum atomic E-state index is -0.981. The molecular weight excluding hydrogens is 226 g/mol. The number of amides is 1. The fourth-order valence-corrected chi connectivity index (χ4v) is 1.23. The number of aromatic hydroxyl groups is 2. The summed E-state index contributed by atoms with van der Waals surface area (Å²) >= 11 is 0. The second kappa shape index (κ2) is 5.95. The Kier molecular flexibility index (Phi) is 4.59. The third kappa shape index (κ3) is 3.84. The molecule has 0 fully saturated rings. The van der Waals surface area contributed by atoms with Gasteiger partial charge in [0.1, 0.15) is 0 Å². The molecule has 0 saturated carbocycles. The average molecular weight is 241 g/mol. The van der Waals surface area contributed by atoms with Gasteiger partial charge in [0.2, 0.25) is 0 Å². The first-order valence-corrected chi connectivity index (χ1v) is 5.15. The van der Waals surface area contributed by atoms with E-state index >= 15 is 0 Å². The van der Waals surface area contributed by atoms with E-state index in [0.717, 1.165) is 0 Å². The molecule has 1 amide bonds. The van der Waals surface area contributed by atoms with Crippen molar-refractivity contribution in [3.05, 3.63) is 23.8 Å². The van der Waals surface area contributed by atoms with E-state index in [4.69, 9.17) is 5.11 Å². The lowest BCUT2D eigenvalue weighted by Crippen LogP contribution is -2.28. The molecule has 0 heterocycles. The molecule has 0 aromatic heterocycles. The van der Waals surface area contributed by atoms with Gasteiger partial charge in [-0.1, -0.05) is 6.07 Å². The molecule has 0 radical (unpaired) electrons. The van der Waals surface area contributed by atoms with Crippen molar-refractivity contribution in [2.24, 2.45) is 0 Å². The Labute approximate surface area is 98.5 Å². The lowest BCUT2D eigenvalue weighted by atomic mass is 10.1. The van der Waals surface area contributed by atoms with Gasteiger partial charge in [-0.3, -0.25) is 0 Å². The van der Waals surface area contributed by atoms with Crippen molar-refractivity contribution in [3.8, 4) is 11.5 Å². The Morgan fingerprint density at radius 2 is 2.12 bits per heavy atom. The number of hydrogen-bond donors (Lipinski definition) is 4.